The monoisotopic (exact) mass is 448 g/mol. The van der Waals surface area contributed by atoms with Crippen molar-refractivity contribution in [1.29, 1.82) is 5.26 Å². The van der Waals surface area contributed by atoms with Crippen molar-refractivity contribution in [3.05, 3.63) is 11.8 Å². The van der Waals surface area contributed by atoms with Gasteiger partial charge in [-0.15, -0.1) is 0 Å². The number of anilines is 1. The van der Waals surface area contributed by atoms with Gasteiger partial charge in [0.05, 0.1) is 18.0 Å². The number of hydrogen-bond acceptors (Lipinski definition) is 5. The van der Waals surface area contributed by atoms with Crippen LogP contribution in [0.5, 0.6) is 0 Å². The van der Waals surface area contributed by atoms with Crippen molar-refractivity contribution in [2.24, 2.45) is 11.7 Å². The summed E-state index contributed by atoms with van der Waals surface area (Å²) < 4.78 is 28.5. The van der Waals surface area contributed by atoms with Crippen molar-refractivity contribution < 1.29 is 18.4 Å². The minimum atomic E-state index is -2.54. The number of aromatic nitrogens is 2. The Labute approximate surface area is 185 Å². The van der Waals surface area contributed by atoms with Crippen LogP contribution in [0.2, 0.25) is 0 Å². The molecule has 0 saturated heterocycles. The zero-order valence-electron chi connectivity index (χ0n) is 18.1. The molecule has 3 fully saturated rings. The van der Waals surface area contributed by atoms with Gasteiger partial charge >= 0.3 is 0 Å². The maximum atomic E-state index is 13.4. The molecule has 0 aliphatic heterocycles. The molecule has 0 aromatic carbocycles. The number of nitrogens with two attached hydrogens (primary N) is 1. The van der Waals surface area contributed by atoms with E-state index in [4.69, 9.17) is 5.73 Å². The molecule has 32 heavy (non-hydrogen) atoms. The van der Waals surface area contributed by atoms with Crippen molar-refractivity contribution in [1.82, 2.24) is 15.1 Å². The lowest BCUT2D eigenvalue weighted by Crippen LogP contribution is -2.47. The average molecular weight is 449 g/mol. The lowest BCUT2D eigenvalue weighted by molar-refractivity contribution is -0.117. The first-order valence-electron chi connectivity index (χ1n) is 11.4. The highest BCUT2D eigenvalue weighted by Crippen LogP contribution is 2.40. The van der Waals surface area contributed by atoms with Crippen LogP contribution in [0.15, 0.2) is 6.20 Å². The van der Waals surface area contributed by atoms with E-state index in [0.29, 0.717) is 25.7 Å². The molecule has 1 heterocycles. The molecule has 0 unspecified atom stereocenters. The second-order valence-electron chi connectivity index (χ2n) is 9.59. The van der Waals surface area contributed by atoms with E-state index in [1.54, 1.807) is 10.9 Å². The molecule has 0 bridgehead atoms. The van der Waals surface area contributed by atoms with Gasteiger partial charge in [-0.1, -0.05) is 0 Å². The van der Waals surface area contributed by atoms with Crippen LogP contribution in [0.1, 0.15) is 81.0 Å². The first kappa shape index (κ1) is 22.6. The van der Waals surface area contributed by atoms with E-state index in [2.05, 4.69) is 21.8 Å². The molecule has 1 aromatic rings. The van der Waals surface area contributed by atoms with Gasteiger partial charge in [0.25, 0.3) is 5.91 Å². The third kappa shape index (κ3) is 4.93. The van der Waals surface area contributed by atoms with Crippen molar-refractivity contribution in [2.75, 3.05) is 5.32 Å². The molecule has 4 rings (SSSR count). The van der Waals surface area contributed by atoms with Crippen LogP contribution in [-0.4, -0.2) is 39.6 Å². The Morgan fingerprint density at radius 1 is 1.12 bits per heavy atom. The molecule has 0 atom stereocenters. The van der Waals surface area contributed by atoms with E-state index < -0.39 is 17.4 Å². The van der Waals surface area contributed by atoms with E-state index in [9.17, 15) is 23.6 Å². The summed E-state index contributed by atoms with van der Waals surface area (Å²) in [5.41, 5.74) is 5.06. The number of primary amides is 1. The second-order valence-corrected chi connectivity index (χ2v) is 9.59. The number of hydrogen-bond donors (Lipinski definition) is 3. The van der Waals surface area contributed by atoms with Gasteiger partial charge < -0.3 is 16.4 Å². The van der Waals surface area contributed by atoms with Crippen molar-refractivity contribution >= 4 is 17.6 Å². The minimum absolute atomic E-state index is 0.0461. The van der Waals surface area contributed by atoms with Crippen LogP contribution in [0.25, 0.3) is 0 Å². The maximum absolute atomic E-state index is 13.4. The van der Waals surface area contributed by atoms with Gasteiger partial charge in [0.15, 0.2) is 5.82 Å². The topological polar surface area (TPSA) is 126 Å². The van der Waals surface area contributed by atoms with Gasteiger partial charge in [-0.05, 0) is 51.4 Å². The summed E-state index contributed by atoms with van der Waals surface area (Å²) in [6.07, 6.45) is 7.03. The fourth-order valence-corrected chi connectivity index (χ4v) is 4.95. The number of alkyl halides is 2. The van der Waals surface area contributed by atoms with Crippen molar-refractivity contribution in [2.45, 2.75) is 94.2 Å². The van der Waals surface area contributed by atoms with E-state index in [1.165, 1.54) is 0 Å². The van der Waals surface area contributed by atoms with E-state index in [1.807, 2.05) is 0 Å². The fourth-order valence-electron chi connectivity index (χ4n) is 4.95. The summed E-state index contributed by atoms with van der Waals surface area (Å²) in [4.78, 5) is 24.1. The van der Waals surface area contributed by atoms with Crippen LogP contribution in [-0.2, 0) is 10.3 Å². The van der Waals surface area contributed by atoms with Crippen LogP contribution in [0.3, 0.4) is 0 Å². The Morgan fingerprint density at radius 2 is 1.72 bits per heavy atom. The summed E-state index contributed by atoms with van der Waals surface area (Å²) in [6.45, 7) is 0. The zero-order chi connectivity index (χ0) is 22.9. The Hall–Kier alpha value is -2.54. The third-order valence-corrected chi connectivity index (χ3v) is 7.17. The number of carbonyl (C=O) groups is 2. The third-order valence-electron chi connectivity index (χ3n) is 7.17. The van der Waals surface area contributed by atoms with Crippen molar-refractivity contribution in [3.8, 4) is 6.07 Å². The number of nitrogens with one attached hydrogen (secondary N) is 2. The number of amides is 2. The highest BCUT2D eigenvalue weighted by Gasteiger charge is 2.41. The molecule has 1 aromatic heterocycles. The average Bonchev–Trinajstić information content (AvgIpc) is 3.51. The molecular weight excluding hydrogens is 418 g/mol. The first-order valence-corrected chi connectivity index (χ1v) is 11.4. The highest BCUT2D eigenvalue weighted by atomic mass is 19.3. The molecule has 3 aliphatic carbocycles. The smallest absolute Gasteiger partial charge is 0.254 e. The van der Waals surface area contributed by atoms with Gasteiger partial charge in [0.2, 0.25) is 11.8 Å². The number of rotatable bonds is 7. The Balaban J connectivity index is 1.45. The minimum Gasteiger partial charge on any atom is -0.365 e. The molecule has 10 heteroatoms. The molecule has 0 spiro atoms. The molecule has 0 radical (unpaired) electrons. The number of nitriles is 1. The highest BCUT2D eigenvalue weighted by molar-refractivity contribution is 6.02. The van der Waals surface area contributed by atoms with Gasteiger partial charge in [-0.3, -0.25) is 14.3 Å². The fraction of sp³-hybridized carbons (Fsp3) is 0.727. The summed E-state index contributed by atoms with van der Waals surface area (Å²) in [6, 6.07) is 2.53. The SMILES string of the molecule is N#CC[C@]1(n2cc(C(N)=O)c(NC(=O)C3CC3)n2)CC[C@@H](NC2CCC(F)(F)CC2)CC1. The predicted molar refractivity (Wildman–Crippen MR) is 113 cm³/mol. The summed E-state index contributed by atoms with van der Waals surface area (Å²) >= 11 is 0. The maximum Gasteiger partial charge on any atom is 0.254 e. The molecule has 174 valence electrons. The van der Waals surface area contributed by atoms with Crippen LogP contribution < -0.4 is 16.4 Å². The Morgan fingerprint density at radius 3 is 2.25 bits per heavy atom. The van der Waals surface area contributed by atoms with Gasteiger partial charge in [-0.25, -0.2) is 8.78 Å². The number of carbonyl (C=O) groups excluding carboxylic acids is 2. The molecule has 3 aliphatic rings. The van der Waals surface area contributed by atoms with Crippen LogP contribution >= 0.6 is 0 Å². The standard InChI is InChI=1S/C22H30F2N6O2/c23-22(24)9-5-16(6-10-22)27-15-3-7-21(8-4-15,11-12-25)30-13-17(18(26)31)19(29-30)28-20(32)14-1-2-14/h13-16,27H,1-11H2,(H2,26,31)(H,28,29,32)/t15-,21+. The normalized spacial score (nSPS) is 28.1. The Kier molecular flexibility index (Phi) is 6.21. The van der Waals surface area contributed by atoms with Gasteiger partial charge in [0, 0.05) is 37.0 Å². The van der Waals surface area contributed by atoms with Crippen molar-refractivity contribution in [3.63, 3.8) is 0 Å². The lowest BCUT2D eigenvalue weighted by atomic mass is 9.77. The van der Waals surface area contributed by atoms with E-state index in [0.717, 1.165) is 25.7 Å². The molecule has 8 nitrogen and oxygen atoms in total. The van der Waals surface area contributed by atoms with Crippen LogP contribution in [0.4, 0.5) is 14.6 Å². The predicted octanol–water partition coefficient (Wildman–Crippen LogP) is 3.05. The Bertz CT molecular complexity index is 902. The lowest BCUT2D eigenvalue weighted by Gasteiger charge is -2.41. The number of halogens is 2. The van der Waals surface area contributed by atoms with E-state index >= 15 is 0 Å². The van der Waals surface area contributed by atoms with Gasteiger partial charge in [-0.2, -0.15) is 10.4 Å². The van der Waals surface area contributed by atoms with Gasteiger partial charge in [0.1, 0.15) is 5.56 Å². The zero-order valence-corrected chi connectivity index (χ0v) is 18.1. The molecule has 3 saturated carbocycles. The largest absolute Gasteiger partial charge is 0.365 e. The second kappa shape index (κ2) is 8.77. The molecular formula is C22H30F2N6O2. The quantitative estimate of drug-likeness (QED) is 0.591. The summed E-state index contributed by atoms with van der Waals surface area (Å²) in [7, 11) is 0. The summed E-state index contributed by atoms with van der Waals surface area (Å²) in [5, 5.41) is 20.2. The number of nitrogens with zero attached hydrogens (tertiary/aromatic N) is 3. The summed E-state index contributed by atoms with van der Waals surface area (Å²) in [5.74, 6) is -3.29. The molecule has 2 amide bonds. The van der Waals surface area contributed by atoms with Crippen LogP contribution in [0, 0.1) is 17.2 Å². The van der Waals surface area contributed by atoms with E-state index in [-0.39, 0.29) is 54.6 Å². The molecule has 4 N–H and O–H groups in total. The first-order chi connectivity index (χ1) is 15.2.